The van der Waals surface area contributed by atoms with E-state index < -0.39 is 5.82 Å². The molecule has 2 aliphatic heterocycles. The molecule has 196 valence electrons. The highest BCUT2D eigenvalue weighted by atomic mass is 35.5. The molecule has 6 nitrogen and oxygen atoms in total. The van der Waals surface area contributed by atoms with Crippen LogP contribution in [0.2, 0.25) is 5.02 Å². The van der Waals surface area contributed by atoms with Crippen molar-refractivity contribution in [1.82, 2.24) is 24.7 Å². The molecule has 8 heteroatoms. The predicted octanol–water partition coefficient (Wildman–Crippen LogP) is 5.84. The molecule has 0 radical (unpaired) electrons. The maximum absolute atomic E-state index is 13.6. The molecule has 0 bridgehead atoms. The second-order valence-corrected chi connectivity index (χ2v) is 10.8. The van der Waals surface area contributed by atoms with Gasteiger partial charge in [0.05, 0.1) is 16.4 Å². The molecule has 0 unspecified atom stereocenters. The second kappa shape index (κ2) is 11.2. The van der Waals surface area contributed by atoms with Gasteiger partial charge in [0, 0.05) is 44.3 Å². The Bertz CT molecular complexity index is 1270. The molecule has 2 aromatic carbocycles. The lowest BCUT2D eigenvalue weighted by atomic mass is 9.88. The number of piperidine rings is 1. The summed E-state index contributed by atoms with van der Waals surface area (Å²) in [5.74, 6) is 2.09. The minimum absolute atomic E-state index is 0.0828. The smallest absolute Gasteiger partial charge is 0.141 e. The summed E-state index contributed by atoms with van der Waals surface area (Å²) in [4.78, 5) is 16.3. The van der Waals surface area contributed by atoms with Gasteiger partial charge >= 0.3 is 0 Å². The van der Waals surface area contributed by atoms with Gasteiger partial charge in [-0.15, -0.1) is 0 Å². The van der Waals surface area contributed by atoms with Crippen LogP contribution in [-0.4, -0.2) is 71.0 Å². The number of nitrogens with one attached hydrogen (secondary N) is 1. The summed E-state index contributed by atoms with van der Waals surface area (Å²) in [6.07, 6.45) is 6.25. The van der Waals surface area contributed by atoms with E-state index in [-0.39, 0.29) is 5.02 Å². The van der Waals surface area contributed by atoms with Crippen LogP contribution in [0.5, 0.6) is 0 Å². The SMILES string of the molecule is C=C1N(C)CCCN1CCN1CCC(Cc2cc3c(Nc4ccc(F)c(Cl)c4)ncnc3cc2C)CC1. The Kier molecular flexibility index (Phi) is 7.81. The van der Waals surface area contributed by atoms with Crippen molar-refractivity contribution in [2.45, 2.75) is 32.6 Å². The molecule has 2 fully saturated rings. The summed E-state index contributed by atoms with van der Waals surface area (Å²) in [6.45, 7) is 13.1. The number of nitrogens with zero attached hydrogens (tertiary/aromatic N) is 5. The van der Waals surface area contributed by atoms with E-state index in [0.717, 1.165) is 62.4 Å². The Hall–Kier alpha value is -2.90. The molecule has 0 amide bonds. The normalized spacial score (nSPS) is 17.6. The summed E-state index contributed by atoms with van der Waals surface area (Å²) in [5, 5.41) is 4.34. The van der Waals surface area contributed by atoms with E-state index in [0.29, 0.717) is 17.4 Å². The second-order valence-electron chi connectivity index (χ2n) is 10.4. The van der Waals surface area contributed by atoms with Gasteiger partial charge in [-0.05, 0) is 93.1 Å². The zero-order chi connectivity index (χ0) is 25.9. The zero-order valence-corrected chi connectivity index (χ0v) is 22.6. The van der Waals surface area contributed by atoms with Gasteiger partial charge in [-0.25, -0.2) is 14.4 Å². The van der Waals surface area contributed by atoms with Gasteiger partial charge in [-0.3, -0.25) is 0 Å². The number of rotatable bonds is 7. The third-order valence-corrected chi connectivity index (χ3v) is 8.19. The van der Waals surface area contributed by atoms with Gasteiger partial charge in [0.1, 0.15) is 18.0 Å². The average molecular weight is 523 g/mol. The van der Waals surface area contributed by atoms with Crippen LogP contribution in [0.15, 0.2) is 49.1 Å². The number of fused-ring (bicyclic) bond motifs is 1. The maximum atomic E-state index is 13.6. The van der Waals surface area contributed by atoms with Crippen LogP contribution in [0, 0.1) is 18.7 Å². The molecule has 2 saturated heterocycles. The van der Waals surface area contributed by atoms with Crippen molar-refractivity contribution < 1.29 is 4.39 Å². The number of halogens is 2. The van der Waals surface area contributed by atoms with E-state index >= 15 is 0 Å². The first-order valence-electron chi connectivity index (χ1n) is 13.2. The number of anilines is 2. The topological polar surface area (TPSA) is 47.5 Å². The monoisotopic (exact) mass is 522 g/mol. The number of benzene rings is 2. The molecule has 0 aliphatic carbocycles. The van der Waals surface area contributed by atoms with Crippen molar-refractivity contribution >= 4 is 34.0 Å². The van der Waals surface area contributed by atoms with Gasteiger partial charge in [0.15, 0.2) is 0 Å². The summed E-state index contributed by atoms with van der Waals surface area (Å²) in [6, 6.07) is 8.97. The molecular weight excluding hydrogens is 487 g/mol. The minimum Gasteiger partial charge on any atom is -0.362 e. The van der Waals surface area contributed by atoms with Gasteiger partial charge in [0.25, 0.3) is 0 Å². The highest BCUT2D eigenvalue weighted by Gasteiger charge is 2.23. The molecule has 3 aromatic rings. The fraction of sp³-hybridized carbons (Fsp3) is 0.448. The number of aromatic nitrogens is 2. The Morgan fingerprint density at radius 1 is 1.08 bits per heavy atom. The molecule has 0 saturated carbocycles. The molecular formula is C29H36ClFN6. The number of hydrogen-bond acceptors (Lipinski definition) is 6. The standard InChI is InChI=1S/C29H36ClFN6/c1-20-15-28-25(29(33-19-32-28)34-24-5-6-27(31)26(30)18-24)17-23(20)16-22-7-11-36(12-8-22)13-14-37-10-4-9-35(3)21(37)2/h5-6,15,17-19,22H,2,4,7-14,16H2,1,3H3,(H,32,33,34). The molecule has 3 heterocycles. The van der Waals surface area contributed by atoms with Crippen molar-refractivity contribution in [3.8, 4) is 0 Å². The summed E-state index contributed by atoms with van der Waals surface area (Å²) in [7, 11) is 2.14. The van der Waals surface area contributed by atoms with E-state index in [4.69, 9.17) is 11.6 Å². The lowest BCUT2D eigenvalue weighted by Crippen LogP contribution is -2.45. The first-order chi connectivity index (χ1) is 17.9. The number of hydrogen-bond donors (Lipinski definition) is 1. The molecule has 37 heavy (non-hydrogen) atoms. The molecule has 0 spiro atoms. The van der Waals surface area contributed by atoms with E-state index in [1.54, 1.807) is 18.5 Å². The highest BCUT2D eigenvalue weighted by molar-refractivity contribution is 6.31. The minimum atomic E-state index is -0.437. The molecule has 1 N–H and O–H groups in total. The van der Waals surface area contributed by atoms with Crippen molar-refractivity contribution in [1.29, 1.82) is 0 Å². The molecule has 0 atom stereocenters. The largest absolute Gasteiger partial charge is 0.362 e. The predicted molar refractivity (Wildman–Crippen MR) is 150 cm³/mol. The molecule has 1 aromatic heterocycles. The number of likely N-dealkylation sites (tertiary alicyclic amines) is 1. The van der Waals surface area contributed by atoms with Gasteiger partial charge < -0.3 is 20.0 Å². The number of aryl methyl sites for hydroxylation is 1. The Morgan fingerprint density at radius 3 is 2.68 bits per heavy atom. The summed E-state index contributed by atoms with van der Waals surface area (Å²) in [5.41, 5.74) is 4.19. The van der Waals surface area contributed by atoms with Crippen LogP contribution in [0.4, 0.5) is 15.9 Å². The fourth-order valence-corrected chi connectivity index (χ4v) is 5.69. The summed E-state index contributed by atoms with van der Waals surface area (Å²) < 4.78 is 13.6. The summed E-state index contributed by atoms with van der Waals surface area (Å²) >= 11 is 5.98. The third-order valence-electron chi connectivity index (χ3n) is 7.90. The van der Waals surface area contributed by atoms with Crippen LogP contribution in [0.3, 0.4) is 0 Å². The molecule has 2 aliphatic rings. The van der Waals surface area contributed by atoms with Crippen LogP contribution in [-0.2, 0) is 6.42 Å². The Morgan fingerprint density at radius 2 is 1.89 bits per heavy atom. The van der Waals surface area contributed by atoms with Crippen molar-refractivity contribution in [3.63, 3.8) is 0 Å². The quantitative estimate of drug-likeness (QED) is 0.421. The lowest BCUT2D eigenvalue weighted by molar-refractivity contribution is 0.135. The third kappa shape index (κ3) is 5.99. The van der Waals surface area contributed by atoms with E-state index in [2.05, 4.69) is 62.7 Å². The maximum Gasteiger partial charge on any atom is 0.141 e. The average Bonchev–Trinajstić information content (AvgIpc) is 2.89. The Balaban J connectivity index is 1.22. The van der Waals surface area contributed by atoms with Gasteiger partial charge in [-0.2, -0.15) is 0 Å². The van der Waals surface area contributed by atoms with Crippen LogP contribution in [0.25, 0.3) is 10.9 Å². The van der Waals surface area contributed by atoms with Gasteiger partial charge in [-0.1, -0.05) is 18.2 Å². The zero-order valence-electron chi connectivity index (χ0n) is 21.8. The Labute approximate surface area is 224 Å². The van der Waals surface area contributed by atoms with Crippen LogP contribution >= 0.6 is 11.6 Å². The van der Waals surface area contributed by atoms with Crippen LogP contribution < -0.4 is 5.32 Å². The van der Waals surface area contributed by atoms with E-state index in [1.165, 1.54) is 36.5 Å². The van der Waals surface area contributed by atoms with Gasteiger partial charge in [0.2, 0.25) is 0 Å². The molecule has 5 rings (SSSR count). The van der Waals surface area contributed by atoms with Crippen molar-refractivity contribution in [2.75, 3.05) is 51.6 Å². The fourth-order valence-electron chi connectivity index (χ4n) is 5.51. The van der Waals surface area contributed by atoms with Crippen molar-refractivity contribution in [2.24, 2.45) is 5.92 Å². The van der Waals surface area contributed by atoms with Crippen LogP contribution in [0.1, 0.15) is 30.4 Å². The first kappa shape index (κ1) is 25.7. The van der Waals surface area contributed by atoms with E-state index in [1.807, 2.05) is 0 Å². The first-order valence-corrected chi connectivity index (χ1v) is 13.6. The van der Waals surface area contributed by atoms with E-state index in [9.17, 15) is 4.39 Å². The van der Waals surface area contributed by atoms with Crippen molar-refractivity contribution in [3.05, 3.63) is 71.0 Å². The highest BCUT2D eigenvalue weighted by Crippen LogP contribution is 2.30. The lowest BCUT2D eigenvalue weighted by Gasteiger charge is -2.40.